The molecule has 10 fully saturated rings. The summed E-state index contributed by atoms with van der Waals surface area (Å²) in [6.45, 7) is 13.9. The fourth-order valence-corrected chi connectivity index (χ4v) is 19.0. The number of carbonyl (C=O) groups excluding carboxylic acids is 1. The average Bonchev–Trinajstić information content (AvgIpc) is 0.676. The highest BCUT2D eigenvalue weighted by atomic mass is 16.8. The second kappa shape index (κ2) is 28.3. The Morgan fingerprint density at radius 2 is 1.02 bits per heavy atom. The molecular weight excluding hydrogens is 1280 g/mol. The van der Waals surface area contributed by atoms with Crippen LogP contribution >= 0.6 is 0 Å². The lowest BCUT2D eigenvalue weighted by molar-refractivity contribution is -0.390. The molecule has 37 atom stereocenters. The lowest BCUT2D eigenvalue weighted by Gasteiger charge is -2.71. The van der Waals surface area contributed by atoms with Gasteiger partial charge in [-0.15, -0.1) is 0 Å². The SMILES string of the molecule is C[C@@H]1O[C@@H](O[C@H]2[C@H](O[C@H]3CC[C@@]4(C)C(CC[C@]5(C)C4CC=C4[C@@H]6CC(C)(C)CC[C@]6(C(=O)O[C@@H]6O[C@H](CO[C@@H]7O[C@H](CO)[C@@H](O)[C@H](O)[C@H]7O)[C@@H](O)[C@H](O)[C@H]6O)CC[C@]45C)C3(C)C)OC[C@@H](O)[C@@H]2O)[C@H](O)[C@H](O[C@@H]2O[C@H](CO)[C@@H](O[C@@H]3O[C@H](CO)[C@@H](O)[C@H](O)[C@H]3O)[C@H](O)[C@H]2O)[C@H]1O. The number of esters is 1. The molecule has 6 heterocycles. The predicted molar refractivity (Wildman–Crippen MR) is 321 cm³/mol. The van der Waals surface area contributed by atoms with Crippen molar-refractivity contribution in [3.8, 4) is 0 Å². The maximum atomic E-state index is 15.2. The van der Waals surface area contributed by atoms with E-state index in [1.807, 2.05) is 0 Å². The first kappa shape index (κ1) is 75.2. The van der Waals surface area contributed by atoms with Crippen LogP contribution in [0.1, 0.15) is 120 Å². The minimum absolute atomic E-state index is 0.0759. The number of rotatable bonds is 16. The normalized spacial score (nSPS) is 54.1. The first-order chi connectivity index (χ1) is 45.0. The van der Waals surface area contributed by atoms with Gasteiger partial charge in [0.1, 0.15) is 134 Å². The minimum atomic E-state index is -2.03. The maximum absolute atomic E-state index is 15.2. The second-order valence-electron chi connectivity index (χ2n) is 31.5. The summed E-state index contributed by atoms with van der Waals surface area (Å²) in [6.07, 6.45) is -40.4. The third-order valence-electron chi connectivity index (χ3n) is 25.2. The Labute approximate surface area is 556 Å². The Morgan fingerprint density at radius 1 is 0.490 bits per heavy atom. The van der Waals surface area contributed by atoms with Crippen LogP contribution in [0.3, 0.4) is 0 Å². The molecular formula is C65H106O31. The van der Waals surface area contributed by atoms with E-state index in [0.29, 0.717) is 44.9 Å². The van der Waals surface area contributed by atoms with Gasteiger partial charge in [-0.2, -0.15) is 0 Å². The molecule has 6 aliphatic heterocycles. The highest BCUT2D eigenvalue weighted by molar-refractivity contribution is 5.79. The molecule has 18 N–H and O–H groups in total. The van der Waals surface area contributed by atoms with Gasteiger partial charge in [-0.25, -0.2) is 0 Å². The third-order valence-corrected chi connectivity index (χ3v) is 25.2. The zero-order chi connectivity index (χ0) is 70.0. The number of aliphatic hydroxyl groups is 18. The fourth-order valence-electron chi connectivity index (χ4n) is 19.0. The highest BCUT2D eigenvalue weighted by Gasteiger charge is 2.71. The van der Waals surface area contributed by atoms with Crippen molar-refractivity contribution in [2.75, 3.05) is 33.0 Å². The summed E-state index contributed by atoms with van der Waals surface area (Å²) in [5.41, 5.74) is -1.49. The number of allylic oxidation sites excluding steroid dienone is 2. The summed E-state index contributed by atoms with van der Waals surface area (Å²) in [4.78, 5) is 15.2. The van der Waals surface area contributed by atoms with Crippen LogP contribution in [0.2, 0.25) is 0 Å². The molecule has 11 rings (SSSR count). The van der Waals surface area contributed by atoms with Crippen molar-refractivity contribution in [2.24, 2.45) is 50.2 Å². The minimum Gasteiger partial charge on any atom is -0.432 e. The number of hydrogen-bond donors (Lipinski definition) is 18. The number of hydrogen-bond acceptors (Lipinski definition) is 31. The van der Waals surface area contributed by atoms with Crippen molar-refractivity contribution in [1.82, 2.24) is 0 Å². The van der Waals surface area contributed by atoms with E-state index in [4.69, 9.17) is 56.8 Å². The van der Waals surface area contributed by atoms with Crippen LogP contribution in [-0.4, -0.2) is 315 Å². The zero-order valence-electron chi connectivity index (χ0n) is 55.6. The first-order valence-corrected chi connectivity index (χ1v) is 34.1. The van der Waals surface area contributed by atoms with Crippen LogP contribution in [0, 0.1) is 50.2 Å². The Balaban J connectivity index is 0.762. The van der Waals surface area contributed by atoms with Gasteiger partial charge in [0.15, 0.2) is 31.5 Å². The van der Waals surface area contributed by atoms with Crippen molar-refractivity contribution in [3.05, 3.63) is 11.6 Å². The van der Waals surface area contributed by atoms with Gasteiger partial charge in [0.25, 0.3) is 0 Å². The molecule has 31 heteroatoms. The first-order valence-electron chi connectivity index (χ1n) is 34.1. The van der Waals surface area contributed by atoms with Crippen LogP contribution < -0.4 is 0 Å². The van der Waals surface area contributed by atoms with Crippen molar-refractivity contribution in [1.29, 1.82) is 0 Å². The van der Waals surface area contributed by atoms with E-state index >= 15 is 4.79 Å². The molecule has 31 nitrogen and oxygen atoms in total. The van der Waals surface area contributed by atoms with Crippen molar-refractivity contribution < 1.29 is 154 Å². The van der Waals surface area contributed by atoms with Gasteiger partial charge in [0, 0.05) is 0 Å². The van der Waals surface area contributed by atoms with Crippen LogP contribution in [0.4, 0.5) is 0 Å². The van der Waals surface area contributed by atoms with Gasteiger partial charge in [0.2, 0.25) is 6.29 Å². The molecule has 2 unspecified atom stereocenters. The van der Waals surface area contributed by atoms with Crippen molar-refractivity contribution >= 4 is 5.97 Å². The van der Waals surface area contributed by atoms with Gasteiger partial charge >= 0.3 is 5.97 Å². The summed E-state index contributed by atoms with van der Waals surface area (Å²) >= 11 is 0. The van der Waals surface area contributed by atoms with E-state index < -0.39 is 227 Å². The quantitative estimate of drug-likeness (QED) is 0.0392. The smallest absolute Gasteiger partial charge is 0.315 e. The standard InChI is InChI=1S/C65H106O31/c1-25-36(70)51(94-55-48(82)44(78)50(31(22-68)90-55)93-54-46(80)42(76)39(73)30(21-67)89-54)49(83)57(87-25)95-52-37(71)28(69)23-85-58(52)92-35-12-13-62(6)33(61(35,4)5)11-14-64(8)34(62)10-9-26-27-19-60(2,3)15-17-65(27,18-16-63(26,64)7)59(84)96-56-47(81)43(77)40(74)32(91-56)24-86-53-45(79)41(75)38(72)29(20-66)88-53/h9,25,27-58,66-83H,10-24H2,1-8H3/t25-,27-,28+,29+,30+,31+,32+,33?,34?,35-,36-,37-,38+,39+,40+,41-,42-,43-,44+,45+,46+,47+,48+,49+,50+,51+,52+,53+,54-,55-,56-,57-,58-,62-,63+,64+,65-/m0/s1. The van der Waals surface area contributed by atoms with Crippen LogP contribution in [0.5, 0.6) is 0 Å². The lowest BCUT2D eigenvalue weighted by Crippen LogP contribution is -2.67. The molecule has 0 aromatic carbocycles. The Morgan fingerprint density at radius 3 is 1.66 bits per heavy atom. The van der Waals surface area contributed by atoms with E-state index in [-0.39, 0.29) is 46.0 Å². The molecule has 552 valence electrons. The van der Waals surface area contributed by atoms with Crippen LogP contribution in [0.25, 0.3) is 0 Å². The Kier molecular flexibility index (Phi) is 22.1. The highest BCUT2D eigenvalue weighted by Crippen LogP contribution is 2.76. The summed E-state index contributed by atoms with van der Waals surface area (Å²) in [7, 11) is 0. The van der Waals surface area contributed by atoms with E-state index in [9.17, 15) is 91.9 Å². The van der Waals surface area contributed by atoms with Gasteiger partial charge in [-0.1, -0.05) is 60.1 Å². The average molecular weight is 1380 g/mol. The topological polar surface area (TPSA) is 492 Å². The summed E-state index contributed by atoms with van der Waals surface area (Å²) in [5.74, 6) is -0.639. The molecule has 96 heavy (non-hydrogen) atoms. The molecule has 0 aromatic rings. The van der Waals surface area contributed by atoms with Crippen molar-refractivity contribution in [2.45, 2.75) is 304 Å². The summed E-state index contributed by atoms with van der Waals surface area (Å²) in [5, 5.41) is 194. The number of carbonyl (C=O) groups is 1. The van der Waals surface area contributed by atoms with Gasteiger partial charge < -0.3 is 149 Å². The van der Waals surface area contributed by atoms with Crippen molar-refractivity contribution in [3.63, 3.8) is 0 Å². The molecule has 4 saturated carbocycles. The molecule has 0 aromatic heterocycles. The van der Waals surface area contributed by atoms with E-state index in [2.05, 4.69) is 54.5 Å². The molecule has 0 radical (unpaired) electrons. The maximum Gasteiger partial charge on any atom is 0.315 e. The van der Waals surface area contributed by atoms with E-state index in [0.717, 1.165) is 19.3 Å². The third kappa shape index (κ3) is 12.9. The molecule has 0 bridgehead atoms. The second-order valence-corrected chi connectivity index (χ2v) is 31.5. The summed E-state index contributed by atoms with van der Waals surface area (Å²) < 4.78 is 71.5. The molecule has 5 aliphatic carbocycles. The molecule has 0 spiro atoms. The van der Waals surface area contributed by atoms with Crippen LogP contribution in [-0.2, 0) is 61.6 Å². The molecule has 0 amide bonds. The lowest BCUT2D eigenvalue weighted by atomic mass is 9.33. The zero-order valence-corrected chi connectivity index (χ0v) is 55.6. The predicted octanol–water partition coefficient (Wildman–Crippen LogP) is -4.72. The molecule has 11 aliphatic rings. The van der Waals surface area contributed by atoms with E-state index in [1.165, 1.54) is 12.5 Å². The number of aliphatic hydroxyl groups excluding tert-OH is 18. The Hall–Kier alpha value is -1.95. The Bertz CT molecular complexity index is 2690. The largest absolute Gasteiger partial charge is 0.432 e. The fraction of sp³-hybridized carbons (Fsp3) is 0.954. The van der Waals surface area contributed by atoms with Crippen LogP contribution in [0.15, 0.2) is 11.6 Å². The summed E-state index contributed by atoms with van der Waals surface area (Å²) in [6, 6.07) is 0. The molecule has 6 saturated heterocycles. The van der Waals surface area contributed by atoms with Gasteiger partial charge in [-0.05, 0) is 116 Å². The van der Waals surface area contributed by atoms with Gasteiger partial charge in [0.05, 0.1) is 50.7 Å². The van der Waals surface area contributed by atoms with E-state index in [1.54, 1.807) is 0 Å². The monoisotopic (exact) mass is 1380 g/mol. The number of fused-ring (bicyclic) bond motifs is 7. The van der Waals surface area contributed by atoms with Gasteiger partial charge in [-0.3, -0.25) is 4.79 Å². The number of ether oxygens (including phenoxy) is 12.